The highest BCUT2D eigenvalue weighted by atomic mass is 32.1. The summed E-state index contributed by atoms with van der Waals surface area (Å²) in [5.74, 6) is 0.507. The van der Waals surface area contributed by atoms with E-state index in [1.165, 1.54) is 27.6 Å². The Morgan fingerprint density at radius 1 is 1.20 bits per heavy atom. The molecule has 2 nitrogen and oxygen atoms in total. The number of nitrogens with one attached hydrogen (secondary N) is 1. The number of benzene rings is 1. The van der Waals surface area contributed by atoms with Crippen LogP contribution in [0.5, 0.6) is 0 Å². The second-order valence-corrected chi connectivity index (χ2v) is 6.55. The first kappa shape index (κ1) is 15.2. The lowest BCUT2D eigenvalue weighted by molar-refractivity contribution is 0.575. The molecule has 0 fully saturated rings. The Balaban J connectivity index is 2.09. The molecule has 1 unspecified atom stereocenters. The summed E-state index contributed by atoms with van der Waals surface area (Å²) >= 11 is 1.84. The zero-order valence-electron chi connectivity index (χ0n) is 12.6. The third-order valence-corrected chi connectivity index (χ3v) is 4.68. The normalized spacial score (nSPS) is 12.6. The van der Waals surface area contributed by atoms with Gasteiger partial charge in [0.05, 0.1) is 10.7 Å². The number of hydrogen-bond acceptors (Lipinski definition) is 3. The fourth-order valence-electron chi connectivity index (χ4n) is 2.32. The van der Waals surface area contributed by atoms with Crippen molar-refractivity contribution in [1.29, 1.82) is 0 Å². The summed E-state index contributed by atoms with van der Waals surface area (Å²) in [5.41, 5.74) is 2.58. The summed E-state index contributed by atoms with van der Waals surface area (Å²) in [4.78, 5) is 6.04. The molecule has 1 aromatic heterocycles. The standard InChI is InChI=1S/C17H24N2S/c1-4-10-18-12-16(15-8-6-5-7-9-15)11-17-19-13(2)14(3)20-17/h5-9,16,18H,4,10-12H2,1-3H3. The van der Waals surface area contributed by atoms with Crippen molar-refractivity contribution in [3.8, 4) is 0 Å². The van der Waals surface area contributed by atoms with Crippen LogP contribution in [0.2, 0.25) is 0 Å². The van der Waals surface area contributed by atoms with E-state index >= 15 is 0 Å². The second-order valence-electron chi connectivity index (χ2n) is 5.27. The minimum Gasteiger partial charge on any atom is -0.316 e. The van der Waals surface area contributed by atoms with E-state index in [4.69, 9.17) is 4.98 Å². The van der Waals surface area contributed by atoms with Crippen LogP contribution < -0.4 is 5.32 Å². The molecule has 2 rings (SSSR count). The minimum absolute atomic E-state index is 0.507. The lowest BCUT2D eigenvalue weighted by Gasteiger charge is -2.17. The van der Waals surface area contributed by atoms with Gasteiger partial charge in [0.25, 0.3) is 0 Å². The molecule has 0 spiro atoms. The van der Waals surface area contributed by atoms with E-state index in [0.717, 1.165) is 19.5 Å². The fourth-order valence-corrected chi connectivity index (χ4v) is 3.34. The maximum atomic E-state index is 4.69. The quantitative estimate of drug-likeness (QED) is 0.776. The van der Waals surface area contributed by atoms with Crippen molar-refractivity contribution < 1.29 is 0 Å². The van der Waals surface area contributed by atoms with E-state index in [0.29, 0.717) is 5.92 Å². The van der Waals surface area contributed by atoms with E-state index in [1.54, 1.807) is 0 Å². The number of hydrogen-bond donors (Lipinski definition) is 1. The van der Waals surface area contributed by atoms with Crippen LogP contribution in [0.25, 0.3) is 0 Å². The van der Waals surface area contributed by atoms with Gasteiger partial charge in [-0.05, 0) is 32.4 Å². The Morgan fingerprint density at radius 3 is 2.55 bits per heavy atom. The molecule has 2 aromatic rings. The van der Waals surface area contributed by atoms with Crippen molar-refractivity contribution in [2.45, 2.75) is 39.5 Å². The zero-order valence-corrected chi connectivity index (χ0v) is 13.5. The number of thiazole rings is 1. The second kappa shape index (κ2) is 7.55. The highest BCUT2D eigenvalue weighted by Gasteiger charge is 2.14. The van der Waals surface area contributed by atoms with Crippen LogP contribution in [0.4, 0.5) is 0 Å². The van der Waals surface area contributed by atoms with Crippen LogP contribution in [0.15, 0.2) is 30.3 Å². The first-order chi connectivity index (χ1) is 9.70. The molecule has 0 aliphatic rings. The highest BCUT2D eigenvalue weighted by Crippen LogP contribution is 2.24. The van der Waals surface area contributed by atoms with Crippen LogP contribution in [0.1, 0.15) is 40.4 Å². The number of aryl methyl sites for hydroxylation is 2. The number of aromatic nitrogens is 1. The van der Waals surface area contributed by atoms with Gasteiger partial charge in [0.2, 0.25) is 0 Å². The highest BCUT2D eigenvalue weighted by molar-refractivity contribution is 7.11. The number of rotatable bonds is 7. The van der Waals surface area contributed by atoms with Crippen molar-refractivity contribution >= 4 is 11.3 Å². The van der Waals surface area contributed by atoms with Crippen molar-refractivity contribution in [2.75, 3.05) is 13.1 Å². The Hall–Kier alpha value is -1.19. The minimum atomic E-state index is 0.507. The SMILES string of the molecule is CCCNCC(Cc1nc(C)c(C)s1)c1ccccc1. The predicted molar refractivity (Wildman–Crippen MR) is 87.6 cm³/mol. The fraction of sp³-hybridized carbons (Fsp3) is 0.471. The van der Waals surface area contributed by atoms with E-state index in [9.17, 15) is 0 Å². The first-order valence-electron chi connectivity index (χ1n) is 7.39. The molecule has 1 aromatic carbocycles. The predicted octanol–water partition coefficient (Wildman–Crippen LogP) is 4.09. The van der Waals surface area contributed by atoms with Crippen LogP contribution >= 0.6 is 11.3 Å². The van der Waals surface area contributed by atoms with Crippen molar-refractivity contribution in [2.24, 2.45) is 0 Å². The Labute approximate surface area is 126 Å². The monoisotopic (exact) mass is 288 g/mol. The van der Waals surface area contributed by atoms with Crippen LogP contribution in [0.3, 0.4) is 0 Å². The average Bonchev–Trinajstić information content (AvgIpc) is 2.77. The lowest BCUT2D eigenvalue weighted by Crippen LogP contribution is -2.23. The van der Waals surface area contributed by atoms with Crippen LogP contribution in [-0.2, 0) is 6.42 Å². The molecule has 0 saturated carbocycles. The molecule has 1 N–H and O–H groups in total. The zero-order chi connectivity index (χ0) is 14.4. The van der Waals surface area contributed by atoms with E-state index < -0.39 is 0 Å². The summed E-state index contributed by atoms with van der Waals surface area (Å²) in [7, 11) is 0. The van der Waals surface area contributed by atoms with Gasteiger partial charge in [0.15, 0.2) is 0 Å². The summed E-state index contributed by atoms with van der Waals surface area (Å²) in [6.45, 7) is 8.57. The topological polar surface area (TPSA) is 24.9 Å². The van der Waals surface area contributed by atoms with Gasteiger partial charge in [-0.2, -0.15) is 0 Å². The summed E-state index contributed by atoms with van der Waals surface area (Å²) in [5, 5.41) is 4.81. The molecule has 0 amide bonds. The van der Waals surface area contributed by atoms with E-state index in [-0.39, 0.29) is 0 Å². The maximum absolute atomic E-state index is 4.69. The molecule has 0 aliphatic carbocycles. The smallest absolute Gasteiger partial charge is 0.0937 e. The lowest BCUT2D eigenvalue weighted by atomic mass is 9.96. The Kier molecular flexibility index (Phi) is 5.74. The third-order valence-electron chi connectivity index (χ3n) is 3.58. The van der Waals surface area contributed by atoms with Gasteiger partial charge in [-0.25, -0.2) is 4.98 Å². The summed E-state index contributed by atoms with van der Waals surface area (Å²) in [6.07, 6.45) is 2.21. The van der Waals surface area contributed by atoms with E-state index in [1.807, 2.05) is 11.3 Å². The average molecular weight is 288 g/mol. The maximum Gasteiger partial charge on any atom is 0.0937 e. The molecule has 108 valence electrons. The number of nitrogens with zero attached hydrogens (tertiary/aromatic N) is 1. The van der Waals surface area contributed by atoms with Gasteiger partial charge in [-0.15, -0.1) is 11.3 Å². The molecule has 0 bridgehead atoms. The first-order valence-corrected chi connectivity index (χ1v) is 8.21. The molecule has 1 heterocycles. The van der Waals surface area contributed by atoms with Gasteiger partial charge in [-0.1, -0.05) is 37.3 Å². The Bertz CT molecular complexity index is 500. The largest absolute Gasteiger partial charge is 0.316 e. The molecule has 1 atom stereocenters. The van der Waals surface area contributed by atoms with Crippen molar-refractivity contribution in [3.05, 3.63) is 51.5 Å². The molecular formula is C17H24N2S. The van der Waals surface area contributed by atoms with Crippen molar-refractivity contribution in [1.82, 2.24) is 10.3 Å². The molecular weight excluding hydrogens is 264 g/mol. The molecule has 3 heteroatoms. The van der Waals surface area contributed by atoms with Crippen LogP contribution in [-0.4, -0.2) is 18.1 Å². The summed E-state index contributed by atoms with van der Waals surface area (Å²) < 4.78 is 0. The summed E-state index contributed by atoms with van der Waals surface area (Å²) in [6, 6.07) is 10.8. The molecule has 0 aliphatic heterocycles. The van der Waals surface area contributed by atoms with Crippen LogP contribution in [0, 0.1) is 13.8 Å². The van der Waals surface area contributed by atoms with Crippen molar-refractivity contribution in [3.63, 3.8) is 0 Å². The molecule has 0 radical (unpaired) electrons. The molecule has 20 heavy (non-hydrogen) atoms. The van der Waals surface area contributed by atoms with Gasteiger partial charge >= 0.3 is 0 Å². The molecule has 0 saturated heterocycles. The van der Waals surface area contributed by atoms with Gasteiger partial charge in [0, 0.05) is 23.8 Å². The Morgan fingerprint density at radius 2 is 1.95 bits per heavy atom. The third kappa shape index (κ3) is 4.15. The van der Waals surface area contributed by atoms with Gasteiger partial charge in [0.1, 0.15) is 0 Å². The van der Waals surface area contributed by atoms with Gasteiger partial charge < -0.3 is 5.32 Å². The van der Waals surface area contributed by atoms with E-state index in [2.05, 4.69) is 56.4 Å². The van der Waals surface area contributed by atoms with Gasteiger partial charge in [-0.3, -0.25) is 0 Å².